The normalized spacial score (nSPS) is 17.9. The predicted molar refractivity (Wildman–Crippen MR) is 78.8 cm³/mol. The number of hydrogen-bond donors (Lipinski definition) is 1. The number of nitrogens with zero attached hydrogens (tertiary/aromatic N) is 1. The summed E-state index contributed by atoms with van der Waals surface area (Å²) in [5, 5.41) is 2.61. The van der Waals surface area contributed by atoms with Gasteiger partial charge in [0.1, 0.15) is 11.8 Å². The molecule has 1 heterocycles. The van der Waals surface area contributed by atoms with Gasteiger partial charge in [-0.25, -0.2) is 0 Å². The molecule has 0 aromatic heterocycles. The second-order valence-electron chi connectivity index (χ2n) is 4.62. The number of carbonyl (C=O) groups excluding carboxylic acids is 2. The lowest BCUT2D eigenvalue weighted by Gasteiger charge is -2.24. The fourth-order valence-corrected chi connectivity index (χ4v) is 2.79. The van der Waals surface area contributed by atoms with E-state index in [9.17, 15) is 9.59 Å². The number of carbonyl (C=O) groups is 2. The van der Waals surface area contributed by atoms with Crippen LogP contribution in [-0.2, 0) is 4.79 Å². The number of amides is 2. The number of halogens is 1. The van der Waals surface area contributed by atoms with Crippen molar-refractivity contribution in [3.05, 3.63) is 28.2 Å². The Morgan fingerprint density at radius 2 is 2.20 bits per heavy atom. The molecule has 1 fully saturated rings. The molecule has 0 saturated carbocycles. The number of rotatable bonds is 3. The Labute approximate surface area is 126 Å². The minimum Gasteiger partial charge on any atom is -0.496 e. The van der Waals surface area contributed by atoms with E-state index in [0.29, 0.717) is 24.3 Å². The summed E-state index contributed by atoms with van der Waals surface area (Å²) < 4.78 is 6.09. The molecule has 1 aliphatic rings. The molecule has 108 valence electrons. The van der Waals surface area contributed by atoms with Crippen LogP contribution in [0.2, 0.25) is 0 Å². The molecule has 20 heavy (non-hydrogen) atoms. The molecule has 5 nitrogen and oxygen atoms in total. The molecule has 1 aliphatic heterocycles. The van der Waals surface area contributed by atoms with Crippen molar-refractivity contribution in [2.24, 2.45) is 0 Å². The summed E-state index contributed by atoms with van der Waals surface area (Å²) in [6, 6.07) is 4.87. The van der Waals surface area contributed by atoms with Gasteiger partial charge in [0.2, 0.25) is 5.91 Å². The number of likely N-dealkylation sites (tertiary alicyclic amines) is 1. The third kappa shape index (κ3) is 2.80. The fourth-order valence-electron chi connectivity index (χ4n) is 2.45. The number of ether oxygens (including phenoxy) is 1. The van der Waals surface area contributed by atoms with Gasteiger partial charge in [-0.05, 0) is 31.0 Å². The summed E-state index contributed by atoms with van der Waals surface area (Å²) in [7, 11) is 3.11. The first-order valence-corrected chi connectivity index (χ1v) is 7.24. The Kier molecular flexibility index (Phi) is 4.65. The lowest BCUT2D eigenvalue weighted by molar-refractivity contribution is -0.124. The van der Waals surface area contributed by atoms with E-state index in [2.05, 4.69) is 21.2 Å². The minimum atomic E-state index is -0.388. The summed E-state index contributed by atoms with van der Waals surface area (Å²) in [6.45, 7) is 0.593. The van der Waals surface area contributed by atoms with E-state index in [4.69, 9.17) is 4.74 Å². The highest BCUT2D eigenvalue weighted by molar-refractivity contribution is 9.10. The Bertz CT molecular complexity index is 533. The zero-order valence-electron chi connectivity index (χ0n) is 11.5. The molecule has 0 radical (unpaired) electrons. The number of likely N-dealkylation sites (N-methyl/N-ethyl adjacent to an activating group) is 1. The SMILES string of the molecule is CNC(=O)C1CCCN1C(=O)c1ccc(Br)cc1OC. The van der Waals surface area contributed by atoms with Gasteiger partial charge in [-0.15, -0.1) is 0 Å². The van der Waals surface area contributed by atoms with E-state index in [-0.39, 0.29) is 17.9 Å². The van der Waals surface area contributed by atoms with Crippen LogP contribution >= 0.6 is 15.9 Å². The molecule has 6 heteroatoms. The van der Waals surface area contributed by atoms with E-state index >= 15 is 0 Å². The molecule has 1 unspecified atom stereocenters. The van der Waals surface area contributed by atoms with Crippen LogP contribution in [0.25, 0.3) is 0 Å². The highest BCUT2D eigenvalue weighted by Gasteiger charge is 2.34. The molecular formula is C14H17BrN2O3. The number of hydrogen-bond acceptors (Lipinski definition) is 3. The summed E-state index contributed by atoms with van der Waals surface area (Å²) in [5.74, 6) is 0.222. The van der Waals surface area contributed by atoms with Crippen LogP contribution < -0.4 is 10.1 Å². The van der Waals surface area contributed by atoms with Gasteiger partial charge in [0.15, 0.2) is 0 Å². The van der Waals surface area contributed by atoms with Crippen LogP contribution in [0, 0.1) is 0 Å². The average molecular weight is 341 g/mol. The van der Waals surface area contributed by atoms with Crippen molar-refractivity contribution < 1.29 is 14.3 Å². The van der Waals surface area contributed by atoms with Crippen LogP contribution in [0.5, 0.6) is 5.75 Å². The maximum atomic E-state index is 12.6. The van der Waals surface area contributed by atoms with Crippen LogP contribution in [-0.4, -0.2) is 43.5 Å². The molecule has 0 spiro atoms. The van der Waals surface area contributed by atoms with Crippen molar-refractivity contribution in [2.45, 2.75) is 18.9 Å². The Morgan fingerprint density at radius 1 is 1.45 bits per heavy atom. The monoisotopic (exact) mass is 340 g/mol. The average Bonchev–Trinajstić information content (AvgIpc) is 2.94. The maximum Gasteiger partial charge on any atom is 0.258 e. The molecule has 1 atom stereocenters. The summed E-state index contributed by atoms with van der Waals surface area (Å²) >= 11 is 3.35. The highest BCUT2D eigenvalue weighted by atomic mass is 79.9. The fraction of sp³-hybridized carbons (Fsp3) is 0.429. The molecule has 2 rings (SSSR count). The molecule has 0 bridgehead atoms. The number of nitrogens with one attached hydrogen (secondary N) is 1. The molecule has 1 saturated heterocycles. The second-order valence-corrected chi connectivity index (χ2v) is 5.53. The van der Waals surface area contributed by atoms with E-state index in [1.165, 1.54) is 7.11 Å². The first-order valence-electron chi connectivity index (χ1n) is 6.44. The summed E-state index contributed by atoms with van der Waals surface area (Å²) in [5.41, 5.74) is 0.478. The molecule has 1 N–H and O–H groups in total. The topological polar surface area (TPSA) is 58.6 Å². The van der Waals surface area contributed by atoms with E-state index < -0.39 is 0 Å². The molecule has 2 amide bonds. The highest BCUT2D eigenvalue weighted by Crippen LogP contribution is 2.27. The Balaban J connectivity index is 2.29. The Morgan fingerprint density at radius 3 is 2.85 bits per heavy atom. The van der Waals surface area contributed by atoms with Gasteiger partial charge in [-0.2, -0.15) is 0 Å². The molecule has 0 aliphatic carbocycles. The van der Waals surface area contributed by atoms with Crippen molar-refractivity contribution in [1.29, 1.82) is 0 Å². The predicted octanol–water partition coefficient (Wildman–Crippen LogP) is 1.81. The third-order valence-electron chi connectivity index (χ3n) is 3.46. The maximum absolute atomic E-state index is 12.6. The van der Waals surface area contributed by atoms with Gasteiger partial charge in [0.25, 0.3) is 5.91 Å². The number of methoxy groups -OCH3 is 1. The van der Waals surface area contributed by atoms with Crippen molar-refractivity contribution >= 4 is 27.7 Å². The summed E-state index contributed by atoms with van der Waals surface area (Å²) in [4.78, 5) is 26.1. The molecule has 1 aromatic carbocycles. The van der Waals surface area contributed by atoms with Gasteiger partial charge < -0.3 is 15.0 Å². The quantitative estimate of drug-likeness (QED) is 0.912. The second kappa shape index (κ2) is 6.26. The van der Waals surface area contributed by atoms with E-state index in [1.54, 1.807) is 30.1 Å². The van der Waals surface area contributed by atoms with Crippen molar-refractivity contribution in [3.63, 3.8) is 0 Å². The minimum absolute atomic E-state index is 0.119. The Hall–Kier alpha value is -1.56. The van der Waals surface area contributed by atoms with Crippen LogP contribution in [0.3, 0.4) is 0 Å². The molecular weight excluding hydrogens is 324 g/mol. The van der Waals surface area contributed by atoms with Gasteiger partial charge in [0, 0.05) is 18.1 Å². The lowest BCUT2D eigenvalue weighted by Crippen LogP contribution is -2.45. The lowest BCUT2D eigenvalue weighted by atomic mass is 10.1. The number of benzene rings is 1. The molecule has 1 aromatic rings. The van der Waals surface area contributed by atoms with Crippen molar-refractivity contribution in [3.8, 4) is 5.75 Å². The largest absolute Gasteiger partial charge is 0.496 e. The zero-order valence-corrected chi connectivity index (χ0v) is 13.1. The van der Waals surface area contributed by atoms with Crippen LogP contribution in [0.1, 0.15) is 23.2 Å². The van der Waals surface area contributed by atoms with E-state index in [1.807, 2.05) is 0 Å². The van der Waals surface area contributed by atoms with Crippen LogP contribution in [0.4, 0.5) is 0 Å². The van der Waals surface area contributed by atoms with E-state index in [0.717, 1.165) is 10.9 Å². The van der Waals surface area contributed by atoms with Gasteiger partial charge in [-0.1, -0.05) is 15.9 Å². The van der Waals surface area contributed by atoms with Crippen molar-refractivity contribution in [2.75, 3.05) is 20.7 Å². The first kappa shape index (κ1) is 14.8. The third-order valence-corrected chi connectivity index (χ3v) is 3.95. The zero-order chi connectivity index (χ0) is 14.7. The van der Waals surface area contributed by atoms with Crippen LogP contribution in [0.15, 0.2) is 22.7 Å². The van der Waals surface area contributed by atoms with Crippen molar-refractivity contribution in [1.82, 2.24) is 10.2 Å². The summed E-state index contributed by atoms with van der Waals surface area (Å²) in [6.07, 6.45) is 1.53. The van der Waals surface area contributed by atoms with Gasteiger partial charge in [-0.3, -0.25) is 9.59 Å². The van der Waals surface area contributed by atoms with Gasteiger partial charge >= 0.3 is 0 Å². The van der Waals surface area contributed by atoms with Gasteiger partial charge in [0.05, 0.1) is 12.7 Å². The smallest absolute Gasteiger partial charge is 0.258 e. The first-order chi connectivity index (χ1) is 9.58. The standard InChI is InChI=1S/C14H17BrN2O3/c1-16-13(18)11-4-3-7-17(11)14(19)10-6-5-9(15)8-12(10)20-2/h5-6,8,11H,3-4,7H2,1-2H3,(H,16,18).